The molecule has 0 aliphatic carbocycles. The van der Waals surface area contributed by atoms with Crippen molar-refractivity contribution in [3.05, 3.63) is 46.7 Å². The van der Waals surface area contributed by atoms with Crippen LogP contribution in [0.1, 0.15) is 55.6 Å². The van der Waals surface area contributed by atoms with E-state index in [1.54, 1.807) is 6.07 Å². The third-order valence-electron chi connectivity index (χ3n) is 6.69. The van der Waals surface area contributed by atoms with E-state index >= 15 is 0 Å². The average molecular weight is 400 g/mol. The molecule has 148 valence electrons. The normalized spacial score (nSPS) is 27.6. The molecule has 1 aromatic carbocycles. The maximum absolute atomic E-state index is 13.2. The highest BCUT2D eigenvalue weighted by Gasteiger charge is 2.40. The second-order valence-corrected chi connectivity index (χ2v) is 9.31. The van der Waals surface area contributed by atoms with Gasteiger partial charge in [0.1, 0.15) is 5.60 Å². The third kappa shape index (κ3) is 2.75. The first-order chi connectivity index (χ1) is 13.3. The summed E-state index contributed by atoms with van der Waals surface area (Å²) in [5.74, 6) is 0.505. The minimum Gasteiger partial charge on any atom is -0.479 e. The van der Waals surface area contributed by atoms with Crippen molar-refractivity contribution in [2.24, 2.45) is 0 Å². The van der Waals surface area contributed by atoms with Crippen LogP contribution in [-0.2, 0) is 5.60 Å². The van der Waals surface area contributed by atoms with E-state index in [0.29, 0.717) is 28.4 Å². The van der Waals surface area contributed by atoms with Crippen molar-refractivity contribution in [3.63, 3.8) is 0 Å². The first kappa shape index (κ1) is 18.1. The van der Waals surface area contributed by atoms with Gasteiger partial charge in [-0.1, -0.05) is 11.6 Å². The number of halogens is 1. The fraction of sp³-hybridized carbons (Fsp3) is 0.500. The van der Waals surface area contributed by atoms with E-state index in [-0.39, 0.29) is 11.9 Å². The zero-order valence-electron chi connectivity index (χ0n) is 16.5. The van der Waals surface area contributed by atoms with E-state index < -0.39 is 5.60 Å². The topological polar surface area (TPSA) is 46.5 Å². The SMILES string of the molecule is CN1[C@@H]2CC[C@H]1CC(NC(=O)c1cc(Cl)cc3c1OC(C)(C)c1cccn1-3)C2. The zero-order valence-corrected chi connectivity index (χ0v) is 17.3. The quantitative estimate of drug-likeness (QED) is 0.826. The highest BCUT2D eigenvalue weighted by molar-refractivity contribution is 6.31. The first-order valence-electron chi connectivity index (χ1n) is 10.1. The molecule has 1 aromatic heterocycles. The van der Waals surface area contributed by atoms with E-state index in [9.17, 15) is 4.79 Å². The fourth-order valence-corrected chi connectivity index (χ4v) is 5.43. The first-order valence-corrected chi connectivity index (χ1v) is 10.4. The molecule has 5 nitrogen and oxygen atoms in total. The Morgan fingerprint density at radius 1 is 1.25 bits per heavy atom. The number of piperidine rings is 1. The molecule has 2 aromatic rings. The van der Waals surface area contributed by atoms with E-state index in [0.717, 1.165) is 24.2 Å². The molecule has 0 spiro atoms. The average Bonchev–Trinajstić information content (AvgIpc) is 3.19. The van der Waals surface area contributed by atoms with Gasteiger partial charge in [-0.2, -0.15) is 0 Å². The number of rotatable bonds is 2. The van der Waals surface area contributed by atoms with Gasteiger partial charge in [-0.15, -0.1) is 0 Å². The Balaban J connectivity index is 1.48. The number of nitrogens with zero attached hydrogens (tertiary/aromatic N) is 2. The van der Waals surface area contributed by atoms with Crippen LogP contribution in [0, 0.1) is 0 Å². The number of benzene rings is 1. The Kier molecular flexibility index (Phi) is 4.04. The van der Waals surface area contributed by atoms with Crippen molar-refractivity contribution in [1.29, 1.82) is 0 Å². The van der Waals surface area contributed by atoms with Crippen molar-refractivity contribution in [2.45, 2.75) is 63.3 Å². The summed E-state index contributed by atoms with van der Waals surface area (Å²) >= 11 is 6.39. The van der Waals surface area contributed by atoms with Crippen LogP contribution in [0.25, 0.3) is 5.69 Å². The second kappa shape index (κ2) is 6.26. The lowest BCUT2D eigenvalue weighted by Crippen LogP contribution is -2.48. The van der Waals surface area contributed by atoms with Crippen LogP contribution in [0.15, 0.2) is 30.5 Å². The molecule has 3 aliphatic heterocycles. The van der Waals surface area contributed by atoms with Crippen molar-refractivity contribution >= 4 is 17.5 Å². The van der Waals surface area contributed by atoms with Gasteiger partial charge < -0.3 is 19.5 Å². The summed E-state index contributed by atoms with van der Waals surface area (Å²) < 4.78 is 8.39. The summed E-state index contributed by atoms with van der Waals surface area (Å²) in [6.07, 6.45) is 6.47. The summed E-state index contributed by atoms with van der Waals surface area (Å²) in [5.41, 5.74) is 1.86. The minimum atomic E-state index is -0.522. The lowest BCUT2D eigenvalue weighted by atomic mass is 9.97. The van der Waals surface area contributed by atoms with Crippen LogP contribution in [0.2, 0.25) is 5.02 Å². The molecule has 2 fully saturated rings. The number of aromatic nitrogens is 1. The number of hydrogen-bond donors (Lipinski definition) is 1. The Labute approximate surface area is 170 Å². The number of carbonyl (C=O) groups excluding carboxylic acids is 1. The molecule has 1 unspecified atom stereocenters. The van der Waals surface area contributed by atoms with E-state index in [1.165, 1.54) is 12.8 Å². The van der Waals surface area contributed by atoms with Gasteiger partial charge in [0.25, 0.3) is 5.91 Å². The minimum absolute atomic E-state index is 0.0980. The molecule has 0 radical (unpaired) electrons. The standard InChI is InChI=1S/C22H26ClN3O2/c1-22(2)19-5-4-8-26(19)18-10-13(23)9-17(20(18)28-22)21(27)24-14-11-15-6-7-16(12-14)25(15)3/h4-5,8-10,14-16H,6-7,11-12H2,1-3H3,(H,24,27)/t14?,15-,16+. The molecule has 3 aliphatic rings. The highest BCUT2D eigenvalue weighted by Crippen LogP contribution is 2.43. The van der Waals surface area contributed by atoms with Gasteiger partial charge in [0.2, 0.25) is 0 Å². The zero-order chi connectivity index (χ0) is 19.6. The Morgan fingerprint density at radius 3 is 2.68 bits per heavy atom. The molecule has 1 amide bonds. The van der Waals surface area contributed by atoms with Crippen LogP contribution in [0.4, 0.5) is 0 Å². The Hall–Kier alpha value is -1.98. The number of amides is 1. The van der Waals surface area contributed by atoms with Gasteiger partial charge in [0, 0.05) is 29.3 Å². The molecule has 2 bridgehead atoms. The molecule has 3 atom stereocenters. The molecule has 5 rings (SSSR count). The highest BCUT2D eigenvalue weighted by atomic mass is 35.5. The fourth-order valence-electron chi connectivity index (χ4n) is 5.22. The monoisotopic (exact) mass is 399 g/mol. The summed E-state index contributed by atoms with van der Waals surface area (Å²) in [4.78, 5) is 15.7. The molecule has 1 N–H and O–H groups in total. The van der Waals surface area contributed by atoms with Gasteiger partial charge in [-0.3, -0.25) is 4.79 Å². The maximum Gasteiger partial charge on any atom is 0.255 e. The number of carbonyl (C=O) groups is 1. The van der Waals surface area contributed by atoms with Crippen LogP contribution < -0.4 is 10.1 Å². The number of nitrogens with one attached hydrogen (secondary N) is 1. The molecule has 2 saturated heterocycles. The van der Waals surface area contributed by atoms with Crippen molar-refractivity contribution in [2.75, 3.05) is 7.05 Å². The van der Waals surface area contributed by atoms with E-state index in [4.69, 9.17) is 16.3 Å². The molecule has 0 saturated carbocycles. The lowest BCUT2D eigenvalue weighted by Gasteiger charge is -2.37. The van der Waals surface area contributed by atoms with Crippen molar-refractivity contribution < 1.29 is 9.53 Å². The van der Waals surface area contributed by atoms with E-state index in [1.807, 2.05) is 38.2 Å². The van der Waals surface area contributed by atoms with Gasteiger partial charge in [0.05, 0.1) is 16.9 Å². The lowest BCUT2D eigenvalue weighted by molar-refractivity contribution is 0.0810. The number of fused-ring (bicyclic) bond motifs is 5. The van der Waals surface area contributed by atoms with Gasteiger partial charge >= 0.3 is 0 Å². The smallest absolute Gasteiger partial charge is 0.255 e. The van der Waals surface area contributed by atoms with Crippen molar-refractivity contribution in [1.82, 2.24) is 14.8 Å². The summed E-state index contributed by atoms with van der Waals surface area (Å²) in [6.45, 7) is 4.04. The second-order valence-electron chi connectivity index (χ2n) is 8.87. The largest absolute Gasteiger partial charge is 0.479 e. The molecule has 4 heterocycles. The Morgan fingerprint density at radius 2 is 1.96 bits per heavy atom. The van der Waals surface area contributed by atoms with Crippen LogP contribution in [0.3, 0.4) is 0 Å². The molecule has 6 heteroatoms. The van der Waals surface area contributed by atoms with Crippen molar-refractivity contribution in [3.8, 4) is 11.4 Å². The predicted octanol–water partition coefficient (Wildman–Crippen LogP) is 4.11. The molecular weight excluding hydrogens is 374 g/mol. The van der Waals surface area contributed by atoms with Gasteiger partial charge in [0.15, 0.2) is 5.75 Å². The Bertz CT molecular complexity index is 937. The number of ether oxygens (including phenoxy) is 1. The number of hydrogen-bond acceptors (Lipinski definition) is 3. The summed E-state index contributed by atoms with van der Waals surface area (Å²) in [6, 6.07) is 8.98. The predicted molar refractivity (Wildman–Crippen MR) is 109 cm³/mol. The van der Waals surface area contributed by atoms with E-state index in [2.05, 4.69) is 21.8 Å². The van der Waals surface area contributed by atoms with Gasteiger partial charge in [-0.05, 0) is 70.8 Å². The maximum atomic E-state index is 13.2. The summed E-state index contributed by atoms with van der Waals surface area (Å²) in [5, 5.41) is 3.80. The summed E-state index contributed by atoms with van der Waals surface area (Å²) in [7, 11) is 2.21. The molecular formula is C22H26ClN3O2. The van der Waals surface area contributed by atoms with Crippen LogP contribution in [-0.4, -0.2) is 40.5 Å². The van der Waals surface area contributed by atoms with Crippen LogP contribution in [0.5, 0.6) is 5.75 Å². The van der Waals surface area contributed by atoms with Crippen LogP contribution >= 0.6 is 11.6 Å². The third-order valence-corrected chi connectivity index (χ3v) is 6.91. The molecule has 28 heavy (non-hydrogen) atoms. The van der Waals surface area contributed by atoms with Gasteiger partial charge in [-0.25, -0.2) is 0 Å².